The van der Waals surface area contributed by atoms with E-state index in [1.807, 2.05) is 13.8 Å². The van der Waals surface area contributed by atoms with Crippen LogP contribution in [0.15, 0.2) is 0 Å². The Morgan fingerprint density at radius 2 is 1.28 bits per heavy atom. The van der Waals surface area contributed by atoms with E-state index in [0.717, 1.165) is 6.42 Å². The van der Waals surface area contributed by atoms with E-state index in [9.17, 15) is 10.2 Å². The maximum absolute atomic E-state index is 9.48. The minimum Gasteiger partial charge on any atom is -0.389 e. The Hall–Kier alpha value is -0.120. The van der Waals surface area contributed by atoms with Gasteiger partial charge in [-0.1, -0.05) is 72.1 Å². The second kappa shape index (κ2) is 16.9. The van der Waals surface area contributed by atoms with E-state index >= 15 is 0 Å². The summed E-state index contributed by atoms with van der Waals surface area (Å²) in [5.41, 5.74) is 0. The SMILES string of the molecule is CC.CCCCCCCCCCC(O)C(O)NC. The fourth-order valence-electron chi connectivity index (χ4n) is 1.84. The molecule has 0 aliphatic carbocycles. The molecule has 0 heterocycles. The molecule has 0 aliphatic heterocycles. The van der Waals surface area contributed by atoms with Gasteiger partial charge in [0.1, 0.15) is 6.23 Å². The van der Waals surface area contributed by atoms with Crippen molar-refractivity contribution >= 4 is 0 Å². The average molecular weight is 261 g/mol. The zero-order valence-corrected chi connectivity index (χ0v) is 12.9. The zero-order chi connectivity index (χ0) is 14.2. The molecule has 0 aromatic rings. The number of rotatable bonds is 11. The maximum Gasteiger partial charge on any atom is 0.130 e. The third-order valence-electron chi connectivity index (χ3n) is 3.01. The number of hydrogen-bond acceptors (Lipinski definition) is 3. The van der Waals surface area contributed by atoms with Gasteiger partial charge in [0, 0.05) is 0 Å². The molecule has 0 aliphatic rings. The molecule has 2 unspecified atom stereocenters. The van der Waals surface area contributed by atoms with Crippen molar-refractivity contribution in [3.63, 3.8) is 0 Å². The Morgan fingerprint density at radius 1 is 0.833 bits per heavy atom. The van der Waals surface area contributed by atoms with Crippen molar-refractivity contribution in [1.29, 1.82) is 0 Å². The van der Waals surface area contributed by atoms with Crippen LogP contribution in [0.2, 0.25) is 0 Å². The van der Waals surface area contributed by atoms with Crippen LogP contribution in [-0.4, -0.2) is 29.6 Å². The summed E-state index contributed by atoms with van der Waals surface area (Å²) in [6.07, 6.45) is 9.39. The monoisotopic (exact) mass is 261 g/mol. The zero-order valence-electron chi connectivity index (χ0n) is 12.9. The van der Waals surface area contributed by atoms with Gasteiger partial charge in [-0.05, 0) is 13.5 Å². The van der Waals surface area contributed by atoms with Gasteiger partial charge in [0.2, 0.25) is 0 Å². The van der Waals surface area contributed by atoms with E-state index in [0.29, 0.717) is 6.42 Å². The van der Waals surface area contributed by atoms with Crippen LogP contribution in [0.5, 0.6) is 0 Å². The molecular weight excluding hydrogens is 226 g/mol. The molecule has 3 nitrogen and oxygen atoms in total. The second-order valence-electron chi connectivity index (χ2n) is 4.56. The van der Waals surface area contributed by atoms with Crippen LogP contribution < -0.4 is 5.32 Å². The molecular formula is C15H35NO2. The Kier molecular flexibility index (Phi) is 18.9. The first-order valence-corrected chi connectivity index (χ1v) is 7.75. The van der Waals surface area contributed by atoms with E-state index in [2.05, 4.69) is 12.2 Å². The molecule has 0 bridgehead atoms. The van der Waals surface area contributed by atoms with Gasteiger partial charge in [0.15, 0.2) is 0 Å². The lowest BCUT2D eigenvalue weighted by atomic mass is 10.1. The lowest BCUT2D eigenvalue weighted by Crippen LogP contribution is -2.37. The summed E-state index contributed by atoms with van der Waals surface area (Å²) in [5.74, 6) is 0. The fraction of sp³-hybridized carbons (Fsp3) is 1.00. The molecule has 0 radical (unpaired) electrons. The Morgan fingerprint density at radius 3 is 1.72 bits per heavy atom. The van der Waals surface area contributed by atoms with E-state index in [4.69, 9.17) is 0 Å². The Bertz CT molecular complexity index is 142. The first-order valence-electron chi connectivity index (χ1n) is 7.75. The predicted molar refractivity (Wildman–Crippen MR) is 79.6 cm³/mol. The van der Waals surface area contributed by atoms with Gasteiger partial charge >= 0.3 is 0 Å². The number of likely N-dealkylation sites (N-methyl/N-ethyl adjacent to an activating group) is 1. The van der Waals surface area contributed by atoms with Gasteiger partial charge in [0.25, 0.3) is 0 Å². The van der Waals surface area contributed by atoms with E-state index < -0.39 is 12.3 Å². The number of aliphatic hydroxyl groups is 2. The van der Waals surface area contributed by atoms with Gasteiger partial charge in [0.05, 0.1) is 6.10 Å². The third kappa shape index (κ3) is 13.9. The number of hydrogen-bond donors (Lipinski definition) is 3. The van der Waals surface area contributed by atoms with Crippen LogP contribution in [0.3, 0.4) is 0 Å². The number of unbranched alkanes of at least 4 members (excludes halogenated alkanes) is 7. The maximum atomic E-state index is 9.48. The van der Waals surface area contributed by atoms with Gasteiger partial charge in [-0.3, -0.25) is 5.32 Å². The fourth-order valence-corrected chi connectivity index (χ4v) is 1.84. The minimum atomic E-state index is -0.774. The van der Waals surface area contributed by atoms with E-state index in [1.54, 1.807) is 7.05 Å². The topological polar surface area (TPSA) is 52.5 Å². The molecule has 3 N–H and O–H groups in total. The molecule has 0 saturated carbocycles. The van der Waals surface area contributed by atoms with Crippen LogP contribution in [-0.2, 0) is 0 Å². The summed E-state index contributed by atoms with van der Waals surface area (Å²) in [5, 5.41) is 21.4. The summed E-state index contributed by atoms with van der Waals surface area (Å²) in [4.78, 5) is 0. The lowest BCUT2D eigenvalue weighted by molar-refractivity contribution is -0.00252. The Labute approximate surface area is 114 Å². The molecule has 0 fully saturated rings. The van der Waals surface area contributed by atoms with Crippen molar-refractivity contribution in [1.82, 2.24) is 5.32 Å². The molecule has 0 rings (SSSR count). The molecule has 0 spiro atoms. The standard InChI is InChI=1S/C13H29NO2.C2H6/c1-3-4-5-6-7-8-9-10-11-12(15)13(16)14-2;1-2/h12-16H,3-11H2,1-2H3;1-2H3. The third-order valence-corrected chi connectivity index (χ3v) is 3.01. The van der Waals surface area contributed by atoms with Crippen molar-refractivity contribution in [2.75, 3.05) is 7.05 Å². The highest BCUT2D eigenvalue weighted by Gasteiger charge is 2.12. The smallest absolute Gasteiger partial charge is 0.130 e. The number of aliphatic hydroxyl groups excluding tert-OH is 2. The van der Waals surface area contributed by atoms with E-state index in [-0.39, 0.29) is 0 Å². The van der Waals surface area contributed by atoms with Crippen LogP contribution in [0, 0.1) is 0 Å². The van der Waals surface area contributed by atoms with Crippen molar-refractivity contribution in [3.05, 3.63) is 0 Å². The highest BCUT2D eigenvalue weighted by Crippen LogP contribution is 2.11. The van der Waals surface area contributed by atoms with Gasteiger partial charge in [-0.25, -0.2) is 0 Å². The molecule has 112 valence electrons. The molecule has 0 aromatic heterocycles. The van der Waals surface area contributed by atoms with Crippen LogP contribution in [0.25, 0.3) is 0 Å². The number of nitrogens with one attached hydrogen (secondary N) is 1. The molecule has 0 amide bonds. The Balaban J connectivity index is 0. The lowest BCUT2D eigenvalue weighted by Gasteiger charge is -2.16. The summed E-state index contributed by atoms with van der Waals surface area (Å²) in [6, 6.07) is 0. The first kappa shape index (κ1) is 20.2. The highest BCUT2D eigenvalue weighted by atomic mass is 16.3. The first-order chi connectivity index (χ1) is 8.72. The summed E-state index contributed by atoms with van der Waals surface area (Å²) >= 11 is 0. The van der Waals surface area contributed by atoms with E-state index in [1.165, 1.54) is 44.9 Å². The van der Waals surface area contributed by atoms with Crippen LogP contribution in [0.1, 0.15) is 78.6 Å². The molecule has 2 atom stereocenters. The normalized spacial score (nSPS) is 13.7. The highest BCUT2D eigenvalue weighted by molar-refractivity contribution is 4.62. The van der Waals surface area contributed by atoms with Crippen LogP contribution >= 0.6 is 0 Å². The molecule has 0 aromatic carbocycles. The van der Waals surface area contributed by atoms with Crippen molar-refractivity contribution < 1.29 is 10.2 Å². The average Bonchev–Trinajstić information content (AvgIpc) is 2.42. The summed E-state index contributed by atoms with van der Waals surface area (Å²) in [7, 11) is 1.65. The van der Waals surface area contributed by atoms with Gasteiger partial charge in [-0.2, -0.15) is 0 Å². The van der Waals surface area contributed by atoms with Gasteiger partial charge in [-0.15, -0.1) is 0 Å². The largest absolute Gasteiger partial charge is 0.389 e. The van der Waals surface area contributed by atoms with Crippen molar-refractivity contribution in [2.24, 2.45) is 0 Å². The summed E-state index contributed by atoms with van der Waals surface area (Å²) < 4.78 is 0. The van der Waals surface area contributed by atoms with Crippen LogP contribution in [0.4, 0.5) is 0 Å². The minimum absolute atomic E-state index is 0.620. The molecule has 0 saturated heterocycles. The predicted octanol–water partition coefficient (Wildman–Crippen LogP) is 3.44. The van der Waals surface area contributed by atoms with Crippen molar-refractivity contribution in [3.8, 4) is 0 Å². The van der Waals surface area contributed by atoms with Gasteiger partial charge < -0.3 is 10.2 Å². The quantitative estimate of drug-likeness (QED) is 0.394. The summed E-state index contributed by atoms with van der Waals surface area (Å²) in [6.45, 7) is 6.23. The van der Waals surface area contributed by atoms with Crippen molar-refractivity contribution in [2.45, 2.75) is 90.9 Å². The second-order valence-corrected chi connectivity index (χ2v) is 4.56. The molecule has 18 heavy (non-hydrogen) atoms. The molecule has 3 heteroatoms.